The zero-order valence-electron chi connectivity index (χ0n) is 11.9. The van der Waals surface area contributed by atoms with Crippen LogP contribution >= 0.6 is 0 Å². The second-order valence-electron chi connectivity index (χ2n) is 4.49. The van der Waals surface area contributed by atoms with E-state index in [1.54, 1.807) is 6.20 Å². The zero-order chi connectivity index (χ0) is 14.4. The molecule has 19 heavy (non-hydrogen) atoms. The maximum atomic E-state index is 12.0. The molecule has 6 nitrogen and oxygen atoms in total. The van der Waals surface area contributed by atoms with E-state index in [9.17, 15) is 4.79 Å². The van der Waals surface area contributed by atoms with Gasteiger partial charge in [0.15, 0.2) is 0 Å². The molecule has 1 atom stereocenters. The molecule has 6 heteroatoms. The number of hydrogen-bond acceptors (Lipinski definition) is 5. The number of hydrogen-bond donors (Lipinski definition) is 2. The molecule has 1 rings (SSSR count). The zero-order valence-corrected chi connectivity index (χ0v) is 11.9. The molecular formula is C13H22N4O2. The minimum Gasteiger partial charge on any atom is -0.479 e. The number of nitrogens with two attached hydrogens (primary N) is 1. The van der Waals surface area contributed by atoms with Crippen molar-refractivity contribution in [1.29, 1.82) is 0 Å². The van der Waals surface area contributed by atoms with Crippen LogP contribution in [0.4, 0.5) is 11.4 Å². The second-order valence-corrected chi connectivity index (χ2v) is 4.49. The summed E-state index contributed by atoms with van der Waals surface area (Å²) < 4.78 is 5.18. The van der Waals surface area contributed by atoms with Crippen LogP contribution in [0.15, 0.2) is 12.3 Å². The molecule has 0 fully saturated rings. The van der Waals surface area contributed by atoms with Crippen molar-refractivity contribution in [3.05, 3.63) is 12.3 Å². The fourth-order valence-electron chi connectivity index (χ4n) is 1.74. The topological polar surface area (TPSA) is 80.5 Å². The first-order valence-corrected chi connectivity index (χ1v) is 6.28. The van der Waals surface area contributed by atoms with E-state index in [1.165, 1.54) is 7.11 Å². The average molecular weight is 266 g/mol. The van der Waals surface area contributed by atoms with Crippen LogP contribution in [-0.4, -0.2) is 38.1 Å². The monoisotopic (exact) mass is 266 g/mol. The van der Waals surface area contributed by atoms with Crippen molar-refractivity contribution in [2.75, 3.05) is 31.4 Å². The number of amides is 1. The highest BCUT2D eigenvalue weighted by molar-refractivity contribution is 5.98. The Morgan fingerprint density at radius 3 is 2.79 bits per heavy atom. The summed E-state index contributed by atoms with van der Waals surface area (Å²) in [4.78, 5) is 18.0. The Hall–Kier alpha value is -1.82. The summed E-state index contributed by atoms with van der Waals surface area (Å²) in [6.45, 7) is 1.99. The standard InChI is InChI=1S/C13H22N4O2/c1-5-6-9(14)12(18)16-11-10(17(2)3)7-8-15-13(11)19-4/h7-9H,5-6,14H2,1-4H3,(H,16,18)/t9-/m0/s1. The van der Waals surface area contributed by atoms with Crippen LogP contribution < -0.4 is 20.7 Å². The van der Waals surface area contributed by atoms with Gasteiger partial charge in [0.25, 0.3) is 0 Å². The Bertz CT molecular complexity index is 435. The number of rotatable bonds is 6. The molecule has 0 bridgehead atoms. The van der Waals surface area contributed by atoms with Crippen molar-refractivity contribution >= 4 is 17.3 Å². The highest BCUT2D eigenvalue weighted by atomic mass is 16.5. The maximum Gasteiger partial charge on any atom is 0.241 e. The van der Waals surface area contributed by atoms with Crippen LogP contribution in [0.25, 0.3) is 0 Å². The predicted molar refractivity (Wildman–Crippen MR) is 76.6 cm³/mol. The lowest BCUT2D eigenvalue weighted by Crippen LogP contribution is -2.35. The van der Waals surface area contributed by atoms with Gasteiger partial charge in [-0.05, 0) is 12.5 Å². The van der Waals surface area contributed by atoms with Crippen molar-refractivity contribution in [1.82, 2.24) is 4.98 Å². The smallest absolute Gasteiger partial charge is 0.241 e. The van der Waals surface area contributed by atoms with Gasteiger partial charge in [-0.3, -0.25) is 4.79 Å². The van der Waals surface area contributed by atoms with Crippen LogP contribution in [-0.2, 0) is 4.79 Å². The third-order valence-corrected chi connectivity index (χ3v) is 2.75. The summed E-state index contributed by atoms with van der Waals surface area (Å²) in [6.07, 6.45) is 3.14. The lowest BCUT2D eigenvalue weighted by molar-refractivity contribution is -0.117. The summed E-state index contributed by atoms with van der Waals surface area (Å²) >= 11 is 0. The van der Waals surface area contributed by atoms with E-state index in [4.69, 9.17) is 10.5 Å². The van der Waals surface area contributed by atoms with Gasteiger partial charge in [-0.2, -0.15) is 0 Å². The number of nitrogens with zero attached hydrogens (tertiary/aromatic N) is 2. The fourth-order valence-corrected chi connectivity index (χ4v) is 1.74. The molecule has 0 aromatic carbocycles. The largest absolute Gasteiger partial charge is 0.479 e. The summed E-state index contributed by atoms with van der Waals surface area (Å²) in [5.41, 5.74) is 7.18. The van der Waals surface area contributed by atoms with Crippen LogP contribution in [0.2, 0.25) is 0 Å². The van der Waals surface area contributed by atoms with Crippen molar-refractivity contribution < 1.29 is 9.53 Å². The molecule has 0 saturated heterocycles. The van der Waals surface area contributed by atoms with Gasteiger partial charge in [0.2, 0.25) is 11.8 Å². The second kappa shape index (κ2) is 6.94. The summed E-state index contributed by atoms with van der Waals surface area (Å²) in [5, 5.41) is 2.80. The third kappa shape index (κ3) is 3.82. The first-order chi connectivity index (χ1) is 9.01. The maximum absolute atomic E-state index is 12.0. The van der Waals surface area contributed by atoms with E-state index in [0.29, 0.717) is 18.0 Å². The number of anilines is 2. The van der Waals surface area contributed by atoms with Crippen LogP contribution in [0.5, 0.6) is 5.88 Å². The van der Waals surface area contributed by atoms with Crippen molar-refractivity contribution in [2.24, 2.45) is 5.73 Å². The Morgan fingerprint density at radius 2 is 2.26 bits per heavy atom. The number of pyridine rings is 1. The summed E-state index contributed by atoms with van der Waals surface area (Å²) in [6, 6.07) is 1.29. The van der Waals surface area contributed by atoms with Gasteiger partial charge in [-0.25, -0.2) is 4.98 Å². The fraction of sp³-hybridized carbons (Fsp3) is 0.538. The molecule has 0 aliphatic rings. The molecule has 1 heterocycles. The SMILES string of the molecule is CCC[C@H](N)C(=O)Nc1c(N(C)C)ccnc1OC. The Labute approximate surface area is 113 Å². The molecule has 1 aromatic rings. The quantitative estimate of drug-likeness (QED) is 0.809. The summed E-state index contributed by atoms with van der Waals surface area (Å²) in [7, 11) is 5.29. The van der Waals surface area contributed by atoms with Gasteiger partial charge in [0.05, 0.1) is 18.8 Å². The van der Waals surface area contributed by atoms with Crippen LogP contribution in [0.3, 0.4) is 0 Å². The highest BCUT2D eigenvalue weighted by Gasteiger charge is 2.18. The van der Waals surface area contributed by atoms with Gasteiger partial charge >= 0.3 is 0 Å². The van der Waals surface area contributed by atoms with Crippen molar-refractivity contribution in [2.45, 2.75) is 25.8 Å². The first-order valence-electron chi connectivity index (χ1n) is 6.28. The number of methoxy groups -OCH3 is 1. The van der Waals surface area contributed by atoms with Crippen molar-refractivity contribution in [3.63, 3.8) is 0 Å². The predicted octanol–water partition coefficient (Wildman–Crippen LogP) is 1.22. The number of aromatic nitrogens is 1. The molecule has 0 aliphatic carbocycles. The van der Waals surface area contributed by atoms with E-state index >= 15 is 0 Å². The third-order valence-electron chi connectivity index (χ3n) is 2.75. The number of carbonyl (C=O) groups excluding carboxylic acids is 1. The van der Waals surface area contributed by atoms with E-state index < -0.39 is 6.04 Å². The number of nitrogens with one attached hydrogen (secondary N) is 1. The van der Waals surface area contributed by atoms with E-state index in [2.05, 4.69) is 10.3 Å². The minimum absolute atomic E-state index is 0.226. The molecule has 0 aliphatic heterocycles. The normalized spacial score (nSPS) is 11.8. The molecule has 106 valence electrons. The Kier molecular flexibility index (Phi) is 5.57. The van der Waals surface area contributed by atoms with Gasteiger partial charge < -0.3 is 20.7 Å². The highest BCUT2D eigenvalue weighted by Crippen LogP contribution is 2.32. The molecule has 0 spiro atoms. The van der Waals surface area contributed by atoms with E-state index in [0.717, 1.165) is 12.1 Å². The van der Waals surface area contributed by atoms with Gasteiger partial charge in [-0.15, -0.1) is 0 Å². The molecule has 1 aromatic heterocycles. The van der Waals surface area contributed by atoms with E-state index in [1.807, 2.05) is 32.0 Å². The summed E-state index contributed by atoms with van der Waals surface area (Å²) in [5.74, 6) is 0.152. The van der Waals surface area contributed by atoms with Gasteiger partial charge in [0, 0.05) is 20.3 Å². The number of ether oxygens (including phenoxy) is 1. The van der Waals surface area contributed by atoms with Gasteiger partial charge in [-0.1, -0.05) is 13.3 Å². The minimum atomic E-state index is -0.523. The lowest BCUT2D eigenvalue weighted by Gasteiger charge is -2.20. The van der Waals surface area contributed by atoms with Crippen LogP contribution in [0.1, 0.15) is 19.8 Å². The van der Waals surface area contributed by atoms with E-state index in [-0.39, 0.29) is 5.91 Å². The molecule has 1 amide bonds. The average Bonchev–Trinajstić information content (AvgIpc) is 2.38. The first kappa shape index (κ1) is 15.2. The van der Waals surface area contributed by atoms with Crippen molar-refractivity contribution in [3.8, 4) is 5.88 Å². The number of carbonyl (C=O) groups is 1. The molecule has 0 saturated carbocycles. The Morgan fingerprint density at radius 1 is 1.58 bits per heavy atom. The molecule has 0 unspecified atom stereocenters. The lowest BCUT2D eigenvalue weighted by atomic mass is 10.1. The Balaban J connectivity index is 3.01. The molecule has 0 radical (unpaired) electrons. The molecule has 3 N–H and O–H groups in total. The van der Waals surface area contributed by atoms with Gasteiger partial charge in [0.1, 0.15) is 5.69 Å². The van der Waals surface area contributed by atoms with Crippen LogP contribution in [0, 0.1) is 0 Å². The molecular weight excluding hydrogens is 244 g/mol.